The van der Waals surface area contributed by atoms with Gasteiger partial charge in [-0.1, -0.05) is 11.8 Å². The quantitative estimate of drug-likeness (QED) is 0.615. The van der Waals surface area contributed by atoms with E-state index in [1.165, 1.54) is 11.3 Å². The number of thiophene rings is 1. The Balaban J connectivity index is 2.46. The molecule has 114 valence electrons. The van der Waals surface area contributed by atoms with E-state index in [9.17, 15) is 9.59 Å². The van der Waals surface area contributed by atoms with Crippen LogP contribution in [0.15, 0.2) is 21.4 Å². The van der Waals surface area contributed by atoms with Crippen molar-refractivity contribution in [3.05, 3.63) is 21.8 Å². The summed E-state index contributed by atoms with van der Waals surface area (Å²) in [5, 5.41) is 11.8. The second kappa shape index (κ2) is 7.33. The molecule has 8 heteroatoms. The molecule has 1 atom stereocenters. The Hall–Kier alpha value is -0.990. The lowest BCUT2D eigenvalue weighted by atomic mass is 10.2. The smallest absolute Gasteiger partial charge is 0.313 e. The van der Waals surface area contributed by atoms with Gasteiger partial charge in [-0.05, 0) is 36.8 Å². The van der Waals surface area contributed by atoms with E-state index < -0.39 is 5.97 Å². The van der Waals surface area contributed by atoms with E-state index in [0.717, 1.165) is 23.9 Å². The number of rotatable bonds is 7. The summed E-state index contributed by atoms with van der Waals surface area (Å²) in [4.78, 5) is 28.5. The Morgan fingerprint density at radius 3 is 3.00 bits per heavy atom. The number of aromatic nitrogens is 2. The predicted molar refractivity (Wildman–Crippen MR) is 89.9 cm³/mol. The van der Waals surface area contributed by atoms with E-state index >= 15 is 0 Å². The van der Waals surface area contributed by atoms with Crippen LogP contribution in [0.25, 0.3) is 10.2 Å². The summed E-state index contributed by atoms with van der Waals surface area (Å²) in [7, 11) is 0. The normalized spacial score (nSPS) is 12.7. The number of hydrogen-bond donors (Lipinski definition) is 1. The summed E-state index contributed by atoms with van der Waals surface area (Å²) in [5.41, 5.74) is -0.0808. The van der Waals surface area contributed by atoms with Crippen LogP contribution in [0.2, 0.25) is 0 Å². The lowest BCUT2D eigenvalue weighted by Gasteiger charge is -2.18. The molecule has 0 saturated carbocycles. The highest BCUT2D eigenvalue weighted by Gasteiger charge is 2.17. The van der Waals surface area contributed by atoms with E-state index in [-0.39, 0.29) is 17.4 Å². The zero-order valence-electron chi connectivity index (χ0n) is 11.7. The largest absolute Gasteiger partial charge is 0.481 e. The summed E-state index contributed by atoms with van der Waals surface area (Å²) in [6.07, 6.45) is 2.87. The highest BCUT2D eigenvalue weighted by atomic mass is 32.2. The molecule has 0 aromatic carbocycles. The number of carboxylic acid groups (broad SMARTS) is 1. The van der Waals surface area contributed by atoms with E-state index in [1.807, 2.05) is 18.6 Å². The second-order valence-electron chi connectivity index (χ2n) is 4.52. The topological polar surface area (TPSA) is 72.2 Å². The zero-order chi connectivity index (χ0) is 15.4. The fourth-order valence-electron chi connectivity index (χ4n) is 1.94. The van der Waals surface area contributed by atoms with Crippen LogP contribution >= 0.6 is 34.9 Å². The number of thioether (sulfide) groups is 2. The molecule has 0 saturated heterocycles. The molecule has 5 nitrogen and oxygen atoms in total. The molecule has 2 heterocycles. The molecule has 21 heavy (non-hydrogen) atoms. The average molecular weight is 344 g/mol. The molecule has 1 unspecified atom stereocenters. The van der Waals surface area contributed by atoms with Gasteiger partial charge in [0.15, 0.2) is 5.16 Å². The highest BCUT2D eigenvalue weighted by molar-refractivity contribution is 7.99. The van der Waals surface area contributed by atoms with E-state index in [1.54, 1.807) is 22.4 Å². The standard InChI is InChI=1S/C13H16N2O3S3/c1-8(3-5-19-2)15-12(18)9-4-6-20-11(9)14-13(15)21-7-10(16)17/h4,6,8H,3,5,7H2,1-2H3,(H,16,17). The van der Waals surface area contributed by atoms with Gasteiger partial charge in [0.1, 0.15) is 4.83 Å². The molecule has 2 rings (SSSR count). The van der Waals surface area contributed by atoms with Gasteiger partial charge < -0.3 is 5.11 Å². The Labute approximate surface area is 134 Å². The van der Waals surface area contributed by atoms with E-state index in [0.29, 0.717) is 15.4 Å². The summed E-state index contributed by atoms with van der Waals surface area (Å²) in [6, 6.07) is 1.77. The number of fused-ring (bicyclic) bond motifs is 1. The van der Waals surface area contributed by atoms with Crippen molar-refractivity contribution in [3.63, 3.8) is 0 Å². The number of carbonyl (C=O) groups is 1. The van der Waals surface area contributed by atoms with Crippen molar-refractivity contribution in [2.75, 3.05) is 17.8 Å². The molecule has 0 bridgehead atoms. The lowest BCUT2D eigenvalue weighted by Crippen LogP contribution is -2.26. The van der Waals surface area contributed by atoms with Gasteiger partial charge in [0.25, 0.3) is 5.56 Å². The van der Waals surface area contributed by atoms with Crippen molar-refractivity contribution in [2.24, 2.45) is 0 Å². The van der Waals surface area contributed by atoms with Gasteiger partial charge in [-0.2, -0.15) is 11.8 Å². The van der Waals surface area contributed by atoms with Crippen molar-refractivity contribution in [1.82, 2.24) is 9.55 Å². The van der Waals surface area contributed by atoms with Gasteiger partial charge in [0.2, 0.25) is 0 Å². The van der Waals surface area contributed by atoms with Crippen molar-refractivity contribution < 1.29 is 9.90 Å². The van der Waals surface area contributed by atoms with Gasteiger partial charge in [0.05, 0.1) is 11.1 Å². The van der Waals surface area contributed by atoms with Crippen molar-refractivity contribution >= 4 is 51.0 Å². The van der Waals surface area contributed by atoms with Gasteiger partial charge >= 0.3 is 5.97 Å². The molecule has 2 aromatic heterocycles. The predicted octanol–water partition coefficient (Wildman–Crippen LogP) is 2.95. The summed E-state index contributed by atoms with van der Waals surface area (Å²) < 4.78 is 1.64. The highest BCUT2D eigenvalue weighted by Crippen LogP contribution is 2.25. The first-order valence-corrected chi connectivity index (χ1v) is 9.63. The third-order valence-corrected chi connectivity index (χ3v) is 5.39. The molecule has 1 N–H and O–H groups in total. The molecule has 0 amide bonds. The van der Waals surface area contributed by atoms with E-state index in [4.69, 9.17) is 5.11 Å². The third-order valence-electron chi connectivity index (χ3n) is 3.00. The van der Waals surface area contributed by atoms with E-state index in [2.05, 4.69) is 4.98 Å². The van der Waals surface area contributed by atoms with Gasteiger partial charge in [-0.15, -0.1) is 11.3 Å². The van der Waals surface area contributed by atoms with Crippen LogP contribution in [0.3, 0.4) is 0 Å². The summed E-state index contributed by atoms with van der Waals surface area (Å²) in [6.45, 7) is 1.97. The second-order valence-corrected chi connectivity index (χ2v) is 7.34. The zero-order valence-corrected chi connectivity index (χ0v) is 14.2. The maximum absolute atomic E-state index is 12.6. The van der Waals surface area contributed by atoms with Crippen LogP contribution in [0, 0.1) is 0 Å². The van der Waals surface area contributed by atoms with Gasteiger partial charge in [-0.3, -0.25) is 14.2 Å². The van der Waals surface area contributed by atoms with Crippen molar-refractivity contribution in [2.45, 2.75) is 24.5 Å². The maximum Gasteiger partial charge on any atom is 0.313 e. The molecule has 0 fully saturated rings. The molecule has 0 aliphatic carbocycles. The fourth-order valence-corrected chi connectivity index (χ4v) is 4.14. The average Bonchev–Trinajstić information content (AvgIpc) is 2.91. The fraction of sp³-hybridized carbons (Fsp3) is 0.462. The molecule has 0 spiro atoms. The number of aliphatic carboxylic acids is 1. The number of nitrogens with zero attached hydrogens (tertiary/aromatic N) is 2. The van der Waals surface area contributed by atoms with Crippen molar-refractivity contribution in [3.8, 4) is 0 Å². The first-order valence-electron chi connectivity index (χ1n) is 6.38. The Kier molecular flexibility index (Phi) is 5.72. The SMILES string of the molecule is CSCCC(C)n1c(SCC(=O)O)nc2sccc2c1=O. The van der Waals surface area contributed by atoms with Crippen LogP contribution in [0.4, 0.5) is 0 Å². The van der Waals surface area contributed by atoms with Crippen LogP contribution < -0.4 is 5.56 Å². The lowest BCUT2D eigenvalue weighted by molar-refractivity contribution is -0.133. The minimum Gasteiger partial charge on any atom is -0.481 e. The summed E-state index contributed by atoms with van der Waals surface area (Å²) in [5.74, 6) is -0.0690. The Morgan fingerprint density at radius 1 is 1.57 bits per heavy atom. The molecular formula is C13H16N2O3S3. The molecule has 0 aliphatic rings. The first-order chi connectivity index (χ1) is 10.0. The van der Waals surface area contributed by atoms with Gasteiger partial charge in [-0.25, -0.2) is 4.98 Å². The monoisotopic (exact) mass is 344 g/mol. The van der Waals surface area contributed by atoms with Crippen LogP contribution in [0.1, 0.15) is 19.4 Å². The number of hydrogen-bond acceptors (Lipinski definition) is 6. The van der Waals surface area contributed by atoms with Crippen LogP contribution in [-0.4, -0.2) is 38.4 Å². The van der Waals surface area contributed by atoms with Gasteiger partial charge in [0, 0.05) is 6.04 Å². The molecular weight excluding hydrogens is 328 g/mol. The molecule has 2 aromatic rings. The summed E-state index contributed by atoms with van der Waals surface area (Å²) >= 11 is 4.23. The number of carboxylic acids is 1. The molecule has 0 aliphatic heterocycles. The van der Waals surface area contributed by atoms with Crippen LogP contribution in [0.5, 0.6) is 0 Å². The first kappa shape index (κ1) is 16.4. The van der Waals surface area contributed by atoms with Crippen LogP contribution in [-0.2, 0) is 4.79 Å². The molecule has 0 radical (unpaired) electrons. The minimum atomic E-state index is -0.913. The minimum absolute atomic E-state index is 0.00181. The Bertz CT molecular complexity index is 696. The Morgan fingerprint density at radius 2 is 2.33 bits per heavy atom. The maximum atomic E-state index is 12.6. The third kappa shape index (κ3) is 3.81. The van der Waals surface area contributed by atoms with Crippen molar-refractivity contribution in [1.29, 1.82) is 0 Å².